The molecule has 1 aliphatic carbocycles. The molecular formula is C22H31N3O4. The van der Waals surface area contributed by atoms with E-state index in [0.29, 0.717) is 12.3 Å². The van der Waals surface area contributed by atoms with Crippen molar-refractivity contribution in [2.24, 2.45) is 5.92 Å². The Morgan fingerprint density at radius 3 is 2.55 bits per heavy atom. The average molecular weight is 402 g/mol. The number of rotatable bonds is 6. The molecule has 2 N–H and O–H groups in total. The third kappa shape index (κ3) is 4.89. The van der Waals surface area contributed by atoms with Crippen molar-refractivity contribution in [2.75, 3.05) is 11.9 Å². The van der Waals surface area contributed by atoms with Gasteiger partial charge in [0.25, 0.3) is 0 Å². The number of piperazine rings is 1. The molecular weight excluding hydrogens is 370 g/mol. The molecule has 3 rings (SSSR count). The summed E-state index contributed by atoms with van der Waals surface area (Å²) in [7, 11) is 0. The minimum atomic E-state index is -0.771. The molecule has 1 saturated heterocycles. The highest BCUT2D eigenvalue weighted by Crippen LogP contribution is 2.31. The smallest absolute Gasteiger partial charge is 0.243 e. The summed E-state index contributed by atoms with van der Waals surface area (Å²) in [5.41, 5.74) is 0.631. The lowest BCUT2D eigenvalue weighted by molar-refractivity contribution is -0.154. The zero-order valence-electron chi connectivity index (χ0n) is 17.4. The van der Waals surface area contributed by atoms with Crippen LogP contribution >= 0.6 is 0 Å². The quantitative estimate of drug-likeness (QED) is 0.767. The van der Waals surface area contributed by atoms with Crippen molar-refractivity contribution >= 4 is 23.4 Å². The monoisotopic (exact) mass is 401 g/mol. The second-order valence-electron chi connectivity index (χ2n) is 8.09. The van der Waals surface area contributed by atoms with Crippen molar-refractivity contribution in [3.8, 4) is 5.75 Å². The Morgan fingerprint density at radius 1 is 1.21 bits per heavy atom. The first-order valence-corrected chi connectivity index (χ1v) is 10.6. The highest BCUT2D eigenvalue weighted by atomic mass is 16.5. The topological polar surface area (TPSA) is 87.7 Å². The molecule has 0 radical (unpaired) electrons. The van der Waals surface area contributed by atoms with Crippen molar-refractivity contribution in [2.45, 2.75) is 71.0 Å². The van der Waals surface area contributed by atoms with Crippen LogP contribution in [0.4, 0.5) is 5.69 Å². The molecule has 29 heavy (non-hydrogen) atoms. The van der Waals surface area contributed by atoms with Gasteiger partial charge in [-0.1, -0.05) is 26.7 Å². The number of carbonyl (C=O) groups excluding carboxylic acids is 3. The third-order valence-electron chi connectivity index (χ3n) is 5.63. The highest BCUT2D eigenvalue weighted by molar-refractivity contribution is 5.98. The molecule has 3 atom stereocenters. The van der Waals surface area contributed by atoms with Gasteiger partial charge < -0.3 is 20.3 Å². The number of nitrogens with one attached hydrogen (secondary N) is 2. The Kier molecular flexibility index (Phi) is 6.77. The summed E-state index contributed by atoms with van der Waals surface area (Å²) >= 11 is 0. The van der Waals surface area contributed by atoms with Gasteiger partial charge >= 0.3 is 0 Å². The molecule has 7 heteroatoms. The molecule has 1 aromatic rings. The molecule has 2 fully saturated rings. The standard InChI is InChI=1S/C22H31N3O4/c1-4-29-16-11-9-15(10-12-16)23-20(26)13-19-21(27)24-17-7-5-6-8-18(17)25(19)22(28)14(2)3/h9-12,14,17-19H,4-8,13H2,1-3H3,(H,23,26)(H,24,27). The van der Waals surface area contributed by atoms with Gasteiger partial charge in [-0.15, -0.1) is 0 Å². The molecule has 7 nitrogen and oxygen atoms in total. The minimum Gasteiger partial charge on any atom is -0.494 e. The molecule has 3 amide bonds. The number of benzene rings is 1. The van der Waals surface area contributed by atoms with Crippen LogP contribution in [0.3, 0.4) is 0 Å². The lowest BCUT2D eigenvalue weighted by Crippen LogP contribution is -2.68. The van der Waals surface area contributed by atoms with Gasteiger partial charge in [0.2, 0.25) is 17.7 Å². The SMILES string of the molecule is CCOc1ccc(NC(=O)CC2C(=O)NC3CCCCC3N2C(=O)C(C)C)cc1. The van der Waals surface area contributed by atoms with Gasteiger partial charge in [-0.2, -0.15) is 0 Å². The molecule has 1 aliphatic heterocycles. The Hall–Kier alpha value is -2.57. The maximum absolute atomic E-state index is 12.9. The van der Waals surface area contributed by atoms with E-state index < -0.39 is 6.04 Å². The first-order chi connectivity index (χ1) is 13.9. The summed E-state index contributed by atoms with van der Waals surface area (Å²) in [6.07, 6.45) is 3.77. The Labute approximate surface area is 172 Å². The maximum Gasteiger partial charge on any atom is 0.243 e. The van der Waals surface area contributed by atoms with E-state index in [0.717, 1.165) is 31.4 Å². The summed E-state index contributed by atoms with van der Waals surface area (Å²) in [5, 5.41) is 5.88. The number of carbonyl (C=O) groups is 3. The van der Waals surface area contributed by atoms with E-state index >= 15 is 0 Å². The van der Waals surface area contributed by atoms with Gasteiger partial charge in [0.15, 0.2) is 0 Å². The zero-order valence-corrected chi connectivity index (χ0v) is 17.4. The fourth-order valence-corrected chi connectivity index (χ4v) is 4.24. The number of ether oxygens (including phenoxy) is 1. The number of hydrogen-bond acceptors (Lipinski definition) is 4. The summed E-state index contributed by atoms with van der Waals surface area (Å²) in [5.74, 6) is -0.0703. The molecule has 2 aliphatic rings. The summed E-state index contributed by atoms with van der Waals surface area (Å²) in [4.78, 5) is 40.1. The van der Waals surface area contributed by atoms with Crippen molar-refractivity contribution in [1.29, 1.82) is 0 Å². The van der Waals surface area contributed by atoms with E-state index in [4.69, 9.17) is 4.74 Å². The van der Waals surface area contributed by atoms with Crippen molar-refractivity contribution < 1.29 is 19.1 Å². The maximum atomic E-state index is 12.9. The minimum absolute atomic E-state index is 0.00984. The second-order valence-corrected chi connectivity index (χ2v) is 8.09. The number of nitrogens with zero attached hydrogens (tertiary/aromatic N) is 1. The first kappa shape index (κ1) is 21.1. The normalized spacial score (nSPS) is 23.9. The molecule has 1 aromatic carbocycles. The predicted octanol–water partition coefficient (Wildman–Crippen LogP) is 2.71. The summed E-state index contributed by atoms with van der Waals surface area (Å²) in [6, 6.07) is 6.29. The van der Waals surface area contributed by atoms with Crippen LogP contribution in [0.2, 0.25) is 0 Å². The highest BCUT2D eigenvalue weighted by Gasteiger charge is 2.46. The number of anilines is 1. The van der Waals surface area contributed by atoms with Gasteiger partial charge in [-0.25, -0.2) is 0 Å². The van der Waals surface area contributed by atoms with Gasteiger partial charge in [0.1, 0.15) is 11.8 Å². The number of amides is 3. The van der Waals surface area contributed by atoms with Gasteiger partial charge in [0, 0.05) is 17.6 Å². The van der Waals surface area contributed by atoms with Crippen molar-refractivity contribution in [1.82, 2.24) is 10.2 Å². The van der Waals surface area contributed by atoms with Crippen LogP contribution in [0.1, 0.15) is 52.9 Å². The average Bonchev–Trinajstić information content (AvgIpc) is 2.69. The van der Waals surface area contributed by atoms with E-state index in [1.165, 1.54) is 0 Å². The van der Waals surface area contributed by atoms with E-state index in [1.807, 2.05) is 20.8 Å². The van der Waals surface area contributed by atoms with Gasteiger partial charge in [-0.05, 0) is 44.0 Å². The fourth-order valence-electron chi connectivity index (χ4n) is 4.24. The van der Waals surface area contributed by atoms with Crippen molar-refractivity contribution in [3.63, 3.8) is 0 Å². The largest absolute Gasteiger partial charge is 0.494 e. The molecule has 1 heterocycles. The Morgan fingerprint density at radius 2 is 1.90 bits per heavy atom. The van der Waals surface area contributed by atoms with Crippen LogP contribution in [0.5, 0.6) is 5.75 Å². The number of hydrogen-bond donors (Lipinski definition) is 2. The van der Waals surface area contributed by atoms with Crippen LogP contribution in [0.15, 0.2) is 24.3 Å². The third-order valence-corrected chi connectivity index (χ3v) is 5.63. The Bertz CT molecular complexity index is 747. The predicted molar refractivity (Wildman–Crippen MR) is 111 cm³/mol. The fraction of sp³-hybridized carbons (Fsp3) is 0.591. The van der Waals surface area contributed by atoms with Gasteiger partial charge in [0.05, 0.1) is 19.1 Å². The molecule has 3 unspecified atom stereocenters. The van der Waals surface area contributed by atoms with E-state index in [-0.39, 0.29) is 42.1 Å². The molecule has 158 valence electrons. The summed E-state index contributed by atoms with van der Waals surface area (Å²) < 4.78 is 5.40. The number of fused-ring (bicyclic) bond motifs is 1. The van der Waals surface area contributed by atoms with Crippen LogP contribution in [0.25, 0.3) is 0 Å². The van der Waals surface area contributed by atoms with Crippen LogP contribution < -0.4 is 15.4 Å². The molecule has 0 bridgehead atoms. The van der Waals surface area contributed by atoms with Crippen LogP contribution in [0, 0.1) is 5.92 Å². The lowest BCUT2D eigenvalue weighted by atomic mass is 9.84. The zero-order chi connectivity index (χ0) is 21.0. The second kappa shape index (κ2) is 9.29. The van der Waals surface area contributed by atoms with E-state index in [1.54, 1.807) is 29.2 Å². The lowest BCUT2D eigenvalue weighted by Gasteiger charge is -2.48. The Balaban J connectivity index is 1.72. The summed E-state index contributed by atoms with van der Waals surface area (Å²) in [6.45, 7) is 6.16. The van der Waals surface area contributed by atoms with Crippen molar-refractivity contribution in [3.05, 3.63) is 24.3 Å². The molecule has 0 spiro atoms. The van der Waals surface area contributed by atoms with Gasteiger partial charge in [-0.3, -0.25) is 14.4 Å². The van der Waals surface area contributed by atoms with E-state index in [2.05, 4.69) is 10.6 Å². The van der Waals surface area contributed by atoms with E-state index in [9.17, 15) is 14.4 Å². The first-order valence-electron chi connectivity index (χ1n) is 10.6. The molecule has 1 saturated carbocycles. The van der Waals surface area contributed by atoms with Crippen LogP contribution in [-0.2, 0) is 14.4 Å². The van der Waals surface area contributed by atoms with Crippen LogP contribution in [-0.4, -0.2) is 47.4 Å². The molecule has 0 aromatic heterocycles.